The summed E-state index contributed by atoms with van der Waals surface area (Å²) in [6.07, 6.45) is 1.91. The van der Waals surface area contributed by atoms with Gasteiger partial charge in [-0.1, -0.05) is 32.0 Å². The number of aryl methyl sites for hydroxylation is 2. The summed E-state index contributed by atoms with van der Waals surface area (Å²) in [5.74, 6) is 0.158. The third kappa shape index (κ3) is 4.31. The summed E-state index contributed by atoms with van der Waals surface area (Å²) < 4.78 is 0. The summed E-state index contributed by atoms with van der Waals surface area (Å²) in [6, 6.07) is 6.32. The van der Waals surface area contributed by atoms with E-state index in [1.54, 1.807) is 4.90 Å². The maximum atomic E-state index is 12.4. The van der Waals surface area contributed by atoms with Crippen LogP contribution in [-0.2, 0) is 17.6 Å². The second-order valence-electron chi connectivity index (χ2n) is 6.24. The number of carbonyl (C=O) groups excluding carboxylic acids is 1. The molecule has 1 aromatic carbocycles. The van der Waals surface area contributed by atoms with Gasteiger partial charge in [0.2, 0.25) is 0 Å². The fourth-order valence-corrected chi connectivity index (χ4v) is 3.30. The Morgan fingerprint density at radius 1 is 1.00 bits per heavy atom. The summed E-state index contributed by atoms with van der Waals surface area (Å²) in [5, 5.41) is 3.19. The average Bonchev–Trinajstić information content (AvgIpc) is 2.55. The molecule has 2 rings (SSSR count). The largest absolute Gasteiger partial charge is 0.326 e. The molecule has 0 saturated carbocycles. The van der Waals surface area contributed by atoms with E-state index < -0.39 is 0 Å². The summed E-state index contributed by atoms with van der Waals surface area (Å²) in [6.45, 7) is 12.9. The molecule has 0 bridgehead atoms. The summed E-state index contributed by atoms with van der Waals surface area (Å²) in [4.78, 5) is 15.5. The molecule has 0 spiro atoms. The zero-order valence-corrected chi connectivity index (χ0v) is 14.3. The maximum absolute atomic E-state index is 12.4. The van der Waals surface area contributed by atoms with Crippen LogP contribution in [0.3, 0.4) is 0 Å². The molecule has 22 heavy (non-hydrogen) atoms. The van der Waals surface area contributed by atoms with Crippen LogP contribution in [0.2, 0.25) is 0 Å². The van der Waals surface area contributed by atoms with E-state index in [9.17, 15) is 4.79 Å². The molecule has 1 fully saturated rings. The Bertz CT molecular complexity index is 471. The van der Waals surface area contributed by atoms with Crippen molar-refractivity contribution in [2.45, 2.75) is 33.6 Å². The van der Waals surface area contributed by atoms with E-state index in [1.807, 2.05) is 0 Å². The monoisotopic (exact) mass is 305 g/mol. The minimum Gasteiger partial charge on any atom is -0.326 e. The summed E-state index contributed by atoms with van der Waals surface area (Å²) >= 11 is 0. The summed E-state index contributed by atoms with van der Waals surface area (Å²) in [7, 11) is 0. The molecule has 1 aliphatic rings. The molecule has 1 heterocycles. The number of carbonyl (C=O) groups is 1. The second-order valence-corrected chi connectivity index (χ2v) is 6.24. The van der Waals surface area contributed by atoms with E-state index in [2.05, 4.69) is 44.3 Å². The molecule has 1 amide bonds. The lowest BCUT2D eigenvalue weighted by atomic mass is 10.0. The predicted molar refractivity (Wildman–Crippen MR) is 90.6 cm³/mol. The highest BCUT2D eigenvalue weighted by Gasteiger charge is 2.24. The van der Waals surface area contributed by atoms with Gasteiger partial charge in [-0.2, -0.15) is 0 Å². The first-order chi connectivity index (χ1) is 10.7. The predicted octanol–water partition coefficient (Wildman–Crippen LogP) is -0.447. The fraction of sp³-hybridized carbons (Fsp3) is 0.611. The van der Waals surface area contributed by atoms with Crippen molar-refractivity contribution in [1.82, 2.24) is 0 Å². The zero-order chi connectivity index (χ0) is 15.9. The molecule has 0 radical (unpaired) electrons. The quantitative estimate of drug-likeness (QED) is 0.655. The molecule has 1 saturated heterocycles. The Morgan fingerprint density at radius 2 is 1.55 bits per heavy atom. The lowest BCUT2D eigenvalue weighted by Crippen LogP contribution is -3.28. The van der Waals surface area contributed by atoms with Gasteiger partial charge in [0.1, 0.15) is 26.2 Å². The number of likely N-dealkylation sites (N-methyl/N-ethyl adjacent to an activating group) is 1. The Kier molecular flexibility index (Phi) is 6.40. The zero-order valence-electron chi connectivity index (χ0n) is 14.3. The van der Waals surface area contributed by atoms with E-state index in [-0.39, 0.29) is 5.91 Å². The molecule has 122 valence electrons. The first kappa shape index (κ1) is 17.0. The van der Waals surface area contributed by atoms with Crippen molar-refractivity contribution in [1.29, 1.82) is 0 Å². The van der Waals surface area contributed by atoms with Crippen molar-refractivity contribution in [3.05, 3.63) is 29.3 Å². The number of quaternary nitrogens is 2. The van der Waals surface area contributed by atoms with Crippen LogP contribution >= 0.6 is 0 Å². The van der Waals surface area contributed by atoms with E-state index in [1.165, 1.54) is 35.7 Å². The van der Waals surface area contributed by atoms with Gasteiger partial charge in [0, 0.05) is 5.69 Å². The lowest BCUT2D eigenvalue weighted by Gasteiger charge is -2.28. The van der Waals surface area contributed by atoms with E-state index in [0.29, 0.717) is 6.54 Å². The van der Waals surface area contributed by atoms with Crippen molar-refractivity contribution in [3.63, 3.8) is 0 Å². The molecule has 4 nitrogen and oxygen atoms in total. The third-order valence-corrected chi connectivity index (χ3v) is 4.84. The first-order valence-electron chi connectivity index (χ1n) is 8.75. The number of nitrogens with one attached hydrogen (secondary N) is 3. The van der Waals surface area contributed by atoms with Gasteiger partial charge in [-0.05, 0) is 30.9 Å². The Balaban J connectivity index is 1.95. The van der Waals surface area contributed by atoms with Gasteiger partial charge in [0.05, 0.1) is 6.54 Å². The Hall–Kier alpha value is -1.39. The number of para-hydroxylation sites is 1. The van der Waals surface area contributed by atoms with Crippen LogP contribution < -0.4 is 15.1 Å². The van der Waals surface area contributed by atoms with Crippen LogP contribution in [0.1, 0.15) is 31.9 Å². The SMILES string of the molecule is CCc1cccc(CC)c1NC(=O)C[NH+]1CC[NH+](CC)CC1. The highest BCUT2D eigenvalue weighted by molar-refractivity contribution is 5.93. The highest BCUT2D eigenvalue weighted by Crippen LogP contribution is 2.22. The van der Waals surface area contributed by atoms with Crippen LogP contribution in [-0.4, -0.2) is 45.2 Å². The van der Waals surface area contributed by atoms with Gasteiger partial charge in [-0.25, -0.2) is 0 Å². The lowest BCUT2D eigenvalue weighted by molar-refractivity contribution is -1.01. The number of hydrogen-bond donors (Lipinski definition) is 3. The minimum absolute atomic E-state index is 0.158. The molecule has 1 aromatic rings. The molecule has 1 aliphatic heterocycles. The topological polar surface area (TPSA) is 38.0 Å². The van der Waals surface area contributed by atoms with Gasteiger partial charge in [0.25, 0.3) is 5.91 Å². The van der Waals surface area contributed by atoms with Crippen LogP contribution in [0.15, 0.2) is 18.2 Å². The van der Waals surface area contributed by atoms with Crippen LogP contribution in [0.25, 0.3) is 0 Å². The minimum atomic E-state index is 0.158. The molecule has 0 aromatic heterocycles. The Morgan fingerprint density at radius 3 is 2.05 bits per heavy atom. The average molecular weight is 305 g/mol. The van der Waals surface area contributed by atoms with Crippen LogP contribution in [0.5, 0.6) is 0 Å². The number of rotatable bonds is 6. The van der Waals surface area contributed by atoms with Crippen molar-refractivity contribution in [3.8, 4) is 0 Å². The van der Waals surface area contributed by atoms with Crippen LogP contribution in [0.4, 0.5) is 5.69 Å². The number of benzene rings is 1. The third-order valence-electron chi connectivity index (χ3n) is 4.84. The molecule has 0 unspecified atom stereocenters. The van der Waals surface area contributed by atoms with E-state index in [0.717, 1.165) is 31.6 Å². The van der Waals surface area contributed by atoms with Gasteiger partial charge < -0.3 is 15.1 Å². The van der Waals surface area contributed by atoms with Crippen molar-refractivity contribution >= 4 is 11.6 Å². The standard InChI is InChI=1S/C18H29N3O/c1-4-15-8-7-9-16(5-2)18(15)19-17(22)14-21-12-10-20(6-3)11-13-21/h7-9H,4-6,10-14H2,1-3H3,(H,19,22)/p+2. The molecule has 4 heteroatoms. The highest BCUT2D eigenvalue weighted by atomic mass is 16.2. The Labute approximate surface area is 134 Å². The summed E-state index contributed by atoms with van der Waals surface area (Å²) in [5.41, 5.74) is 3.53. The van der Waals surface area contributed by atoms with Gasteiger partial charge >= 0.3 is 0 Å². The van der Waals surface area contributed by atoms with Crippen molar-refractivity contribution in [2.24, 2.45) is 0 Å². The second kappa shape index (κ2) is 8.30. The molecular weight excluding hydrogens is 274 g/mol. The molecule has 0 atom stereocenters. The number of amides is 1. The van der Waals surface area contributed by atoms with Gasteiger partial charge in [0.15, 0.2) is 6.54 Å². The van der Waals surface area contributed by atoms with E-state index in [4.69, 9.17) is 0 Å². The van der Waals surface area contributed by atoms with Crippen LogP contribution in [0, 0.1) is 0 Å². The van der Waals surface area contributed by atoms with Crippen molar-refractivity contribution in [2.75, 3.05) is 44.6 Å². The van der Waals surface area contributed by atoms with E-state index >= 15 is 0 Å². The molecule has 0 aliphatic carbocycles. The first-order valence-corrected chi connectivity index (χ1v) is 8.75. The van der Waals surface area contributed by atoms with Crippen molar-refractivity contribution < 1.29 is 14.6 Å². The normalized spacial score (nSPS) is 21.6. The number of hydrogen-bond acceptors (Lipinski definition) is 1. The number of anilines is 1. The number of piperazine rings is 1. The fourth-order valence-electron chi connectivity index (χ4n) is 3.30. The molecule has 3 N–H and O–H groups in total. The molecular formula is C18H31N3O+2. The smallest absolute Gasteiger partial charge is 0.279 e. The van der Waals surface area contributed by atoms with Gasteiger partial charge in [-0.15, -0.1) is 0 Å². The maximum Gasteiger partial charge on any atom is 0.279 e. The van der Waals surface area contributed by atoms with Gasteiger partial charge in [-0.3, -0.25) is 4.79 Å².